The van der Waals surface area contributed by atoms with Gasteiger partial charge >= 0.3 is 5.97 Å². The third-order valence-corrected chi connectivity index (χ3v) is 2.85. The molecule has 4 nitrogen and oxygen atoms in total. The van der Waals surface area contributed by atoms with Crippen molar-refractivity contribution < 1.29 is 14.3 Å². The highest BCUT2D eigenvalue weighted by Gasteiger charge is 2.14. The van der Waals surface area contributed by atoms with E-state index in [-0.39, 0.29) is 29.1 Å². The Labute approximate surface area is 126 Å². The van der Waals surface area contributed by atoms with Crippen molar-refractivity contribution in [1.29, 1.82) is 0 Å². The molecule has 6 heteroatoms. The number of carbonyl (C=O) groups is 1. The smallest absolute Gasteiger partial charge is 0.358 e. The van der Waals surface area contributed by atoms with Gasteiger partial charge in [0.15, 0.2) is 5.69 Å². The van der Waals surface area contributed by atoms with E-state index in [1.807, 2.05) is 30.3 Å². The molecule has 0 radical (unpaired) electrons. The molecule has 0 atom stereocenters. The number of para-hydroxylation sites is 1. The van der Waals surface area contributed by atoms with Crippen LogP contribution in [0.5, 0.6) is 5.75 Å². The predicted octanol–water partition coefficient (Wildman–Crippen LogP) is 3.62. The maximum Gasteiger partial charge on any atom is 0.358 e. The number of carbonyl (C=O) groups excluding carboxylic acids is 1. The lowest BCUT2D eigenvalue weighted by atomic mass is 10.3. The van der Waals surface area contributed by atoms with E-state index in [4.69, 9.17) is 32.7 Å². The van der Waals surface area contributed by atoms with Gasteiger partial charge in [-0.2, -0.15) is 0 Å². The van der Waals surface area contributed by atoms with Gasteiger partial charge < -0.3 is 9.47 Å². The maximum atomic E-state index is 11.7. The summed E-state index contributed by atoms with van der Waals surface area (Å²) in [6.45, 7) is 0.339. The summed E-state index contributed by atoms with van der Waals surface area (Å²) in [6, 6.07) is 12.2. The van der Waals surface area contributed by atoms with E-state index in [0.29, 0.717) is 5.75 Å². The van der Waals surface area contributed by atoms with E-state index in [1.54, 1.807) is 0 Å². The molecule has 0 fully saturated rings. The lowest BCUT2D eigenvalue weighted by Crippen LogP contribution is -2.14. The second kappa shape index (κ2) is 7.12. The number of nitrogens with zero attached hydrogens (tertiary/aromatic N) is 1. The fourth-order valence-electron chi connectivity index (χ4n) is 1.44. The molecule has 0 bridgehead atoms. The summed E-state index contributed by atoms with van der Waals surface area (Å²) in [5.74, 6) is 0.0802. The van der Waals surface area contributed by atoms with Crippen molar-refractivity contribution in [3.8, 4) is 5.75 Å². The molecular weight excluding hydrogens is 301 g/mol. The number of rotatable bonds is 5. The molecule has 2 rings (SSSR count). The zero-order chi connectivity index (χ0) is 14.4. The van der Waals surface area contributed by atoms with E-state index in [1.165, 1.54) is 12.1 Å². The van der Waals surface area contributed by atoms with E-state index < -0.39 is 5.97 Å². The first kappa shape index (κ1) is 14.6. The average molecular weight is 312 g/mol. The van der Waals surface area contributed by atoms with Crippen molar-refractivity contribution in [2.45, 2.75) is 0 Å². The van der Waals surface area contributed by atoms with Gasteiger partial charge in [-0.3, -0.25) is 0 Å². The summed E-state index contributed by atoms with van der Waals surface area (Å²) in [7, 11) is 0. The number of aromatic nitrogens is 1. The van der Waals surface area contributed by atoms with Crippen molar-refractivity contribution in [3.05, 3.63) is 58.3 Å². The summed E-state index contributed by atoms with van der Waals surface area (Å²) < 4.78 is 10.4. The molecular formula is C14H11Cl2NO3. The molecule has 0 saturated heterocycles. The number of pyridine rings is 1. The highest BCUT2D eigenvalue weighted by molar-refractivity contribution is 6.34. The minimum Gasteiger partial charge on any atom is -0.490 e. The number of esters is 1. The van der Waals surface area contributed by atoms with Crippen molar-refractivity contribution in [3.63, 3.8) is 0 Å². The summed E-state index contributed by atoms with van der Waals surface area (Å²) in [6.07, 6.45) is 0. The number of halogens is 2. The highest BCUT2D eigenvalue weighted by atomic mass is 35.5. The van der Waals surface area contributed by atoms with Gasteiger partial charge in [0.2, 0.25) is 0 Å². The molecule has 1 aromatic heterocycles. The molecule has 0 aliphatic rings. The van der Waals surface area contributed by atoms with Crippen LogP contribution in [0.2, 0.25) is 10.2 Å². The minimum atomic E-state index is -0.630. The molecule has 0 spiro atoms. The topological polar surface area (TPSA) is 48.4 Å². The lowest BCUT2D eigenvalue weighted by Gasteiger charge is -2.07. The van der Waals surface area contributed by atoms with Crippen molar-refractivity contribution in [2.24, 2.45) is 0 Å². The van der Waals surface area contributed by atoms with Gasteiger partial charge in [-0.05, 0) is 24.3 Å². The second-order valence-electron chi connectivity index (χ2n) is 3.76. The van der Waals surface area contributed by atoms with E-state index in [9.17, 15) is 4.79 Å². The largest absolute Gasteiger partial charge is 0.490 e. The fourth-order valence-corrected chi connectivity index (χ4v) is 1.77. The molecule has 0 saturated carbocycles. The van der Waals surface area contributed by atoms with Gasteiger partial charge in [-0.1, -0.05) is 41.4 Å². The second-order valence-corrected chi connectivity index (χ2v) is 4.56. The molecule has 0 unspecified atom stereocenters. The first-order valence-corrected chi connectivity index (χ1v) is 6.59. The maximum absolute atomic E-state index is 11.7. The van der Waals surface area contributed by atoms with Crippen LogP contribution in [0.4, 0.5) is 0 Å². The van der Waals surface area contributed by atoms with E-state index in [0.717, 1.165) is 0 Å². The van der Waals surface area contributed by atoms with Crippen LogP contribution in [-0.2, 0) is 4.74 Å². The number of benzene rings is 1. The van der Waals surface area contributed by atoms with Crippen LogP contribution in [0.1, 0.15) is 10.5 Å². The zero-order valence-corrected chi connectivity index (χ0v) is 11.9. The van der Waals surface area contributed by atoms with Gasteiger partial charge in [-0.25, -0.2) is 9.78 Å². The molecule has 104 valence electrons. The highest BCUT2D eigenvalue weighted by Crippen LogP contribution is 2.17. The third-order valence-electron chi connectivity index (χ3n) is 2.33. The Bertz CT molecular complexity index is 590. The monoisotopic (exact) mass is 311 g/mol. The number of ether oxygens (including phenoxy) is 2. The Morgan fingerprint density at radius 1 is 1.05 bits per heavy atom. The zero-order valence-electron chi connectivity index (χ0n) is 10.4. The van der Waals surface area contributed by atoms with Crippen LogP contribution in [-0.4, -0.2) is 24.2 Å². The first-order chi connectivity index (χ1) is 9.66. The summed E-state index contributed by atoms with van der Waals surface area (Å²) in [4.78, 5) is 15.6. The SMILES string of the molecule is O=C(OCCOc1ccccc1)c1nc(Cl)ccc1Cl. The molecule has 0 N–H and O–H groups in total. The van der Waals surface area contributed by atoms with Crippen LogP contribution in [0.15, 0.2) is 42.5 Å². The molecule has 0 amide bonds. The summed E-state index contributed by atoms with van der Waals surface area (Å²) in [5, 5.41) is 0.380. The normalized spacial score (nSPS) is 10.1. The lowest BCUT2D eigenvalue weighted by molar-refractivity contribution is 0.0444. The molecule has 0 aliphatic carbocycles. The fraction of sp³-hybridized carbons (Fsp3) is 0.143. The third kappa shape index (κ3) is 4.11. The Hall–Kier alpha value is -1.78. The van der Waals surface area contributed by atoms with Crippen molar-refractivity contribution in [1.82, 2.24) is 4.98 Å². The predicted molar refractivity (Wildman–Crippen MR) is 76.5 cm³/mol. The van der Waals surface area contributed by atoms with Gasteiger partial charge in [0.25, 0.3) is 0 Å². The van der Waals surface area contributed by atoms with Crippen molar-refractivity contribution in [2.75, 3.05) is 13.2 Å². The van der Waals surface area contributed by atoms with Crippen LogP contribution < -0.4 is 4.74 Å². The van der Waals surface area contributed by atoms with Crippen LogP contribution in [0.25, 0.3) is 0 Å². The van der Waals surface area contributed by atoms with Gasteiger partial charge in [-0.15, -0.1) is 0 Å². The molecule has 0 aliphatic heterocycles. The summed E-state index contributed by atoms with van der Waals surface area (Å²) >= 11 is 11.5. The van der Waals surface area contributed by atoms with Crippen LogP contribution in [0, 0.1) is 0 Å². The molecule has 2 aromatic rings. The average Bonchev–Trinajstić information content (AvgIpc) is 2.47. The van der Waals surface area contributed by atoms with Crippen molar-refractivity contribution >= 4 is 29.2 Å². The van der Waals surface area contributed by atoms with Gasteiger partial charge in [0.1, 0.15) is 24.1 Å². The molecule has 1 aromatic carbocycles. The number of hydrogen-bond donors (Lipinski definition) is 0. The standard InChI is InChI=1S/C14H11Cl2NO3/c15-11-6-7-12(16)17-13(11)14(18)20-9-8-19-10-4-2-1-3-5-10/h1-7H,8-9H2. The summed E-state index contributed by atoms with van der Waals surface area (Å²) in [5.41, 5.74) is -0.00104. The quantitative estimate of drug-likeness (QED) is 0.480. The number of hydrogen-bond acceptors (Lipinski definition) is 4. The first-order valence-electron chi connectivity index (χ1n) is 5.84. The Kier molecular flexibility index (Phi) is 5.21. The Balaban J connectivity index is 1.82. The van der Waals surface area contributed by atoms with Gasteiger partial charge in [0, 0.05) is 0 Å². The van der Waals surface area contributed by atoms with Gasteiger partial charge in [0.05, 0.1) is 5.02 Å². The molecule has 1 heterocycles. The van der Waals surface area contributed by atoms with E-state index in [2.05, 4.69) is 4.98 Å². The van der Waals surface area contributed by atoms with Crippen LogP contribution >= 0.6 is 23.2 Å². The van der Waals surface area contributed by atoms with E-state index >= 15 is 0 Å². The molecule has 20 heavy (non-hydrogen) atoms. The van der Waals surface area contributed by atoms with Crippen LogP contribution in [0.3, 0.4) is 0 Å². The Morgan fingerprint density at radius 2 is 1.80 bits per heavy atom. The minimum absolute atomic E-state index is 0.00104. The Morgan fingerprint density at radius 3 is 2.55 bits per heavy atom.